The molecule has 0 spiro atoms. The van der Waals surface area contributed by atoms with Crippen LogP contribution in [0.5, 0.6) is 11.5 Å². The second-order valence-electron chi connectivity index (χ2n) is 7.12. The van der Waals surface area contributed by atoms with Crippen LogP contribution in [0.3, 0.4) is 0 Å². The molecule has 3 aromatic carbocycles. The van der Waals surface area contributed by atoms with Crippen molar-refractivity contribution in [2.24, 2.45) is 0 Å². The fraction of sp³-hybridized carbons (Fsp3) is 0.174. The standard InChI is InChI=1S/C23H22F2N2O4S/c1-3-15-5-4-6-17(11-15)31-18-8-10-22(27-32(2,29)30)19(13-18)23(28)26-14-16-7-9-20(24)21(25)12-16/h4-13,27H,3,14H2,1-2H3,(H,26,28). The summed E-state index contributed by atoms with van der Waals surface area (Å²) < 4.78 is 58.1. The molecule has 0 heterocycles. The molecular formula is C23H22F2N2O4S. The van der Waals surface area contributed by atoms with Crippen LogP contribution >= 0.6 is 0 Å². The molecule has 1 amide bonds. The van der Waals surface area contributed by atoms with Crippen LogP contribution in [0.25, 0.3) is 0 Å². The summed E-state index contributed by atoms with van der Waals surface area (Å²) in [7, 11) is -3.65. The fourth-order valence-corrected chi connectivity index (χ4v) is 3.53. The molecule has 9 heteroatoms. The van der Waals surface area contributed by atoms with Gasteiger partial charge < -0.3 is 10.1 Å². The summed E-state index contributed by atoms with van der Waals surface area (Å²) in [4.78, 5) is 12.8. The number of nitrogens with one attached hydrogen (secondary N) is 2. The van der Waals surface area contributed by atoms with Gasteiger partial charge in [0.2, 0.25) is 10.0 Å². The molecule has 3 aromatic rings. The van der Waals surface area contributed by atoms with E-state index < -0.39 is 27.6 Å². The summed E-state index contributed by atoms with van der Waals surface area (Å²) >= 11 is 0. The maximum Gasteiger partial charge on any atom is 0.253 e. The normalized spacial score (nSPS) is 11.1. The smallest absolute Gasteiger partial charge is 0.253 e. The molecule has 0 radical (unpaired) electrons. The van der Waals surface area contributed by atoms with Crippen LogP contribution in [0, 0.1) is 11.6 Å². The van der Waals surface area contributed by atoms with E-state index in [4.69, 9.17) is 4.74 Å². The monoisotopic (exact) mass is 460 g/mol. The third kappa shape index (κ3) is 6.27. The number of ether oxygens (including phenoxy) is 1. The lowest BCUT2D eigenvalue weighted by Gasteiger charge is -2.14. The highest BCUT2D eigenvalue weighted by Crippen LogP contribution is 2.28. The molecule has 0 aromatic heterocycles. The first-order chi connectivity index (χ1) is 15.1. The molecule has 0 saturated carbocycles. The minimum absolute atomic E-state index is 0.0159. The van der Waals surface area contributed by atoms with Gasteiger partial charge in [0.25, 0.3) is 5.91 Å². The lowest BCUT2D eigenvalue weighted by Crippen LogP contribution is -2.25. The molecule has 168 valence electrons. The number of carbonyl (C=O) groups is 1. The summed E-state index contributed by atoms with van der Waals surface area (Å²) in [6, 6.07) is 15.1. The van der Waals surface area contributed by atoms with Gasteiger partial charge >= 0.3 is 0 Å². The zero-order valence-corrected chi connectivity index (χ0v) is 18.3. The molecule has 0 atom stereocenters. The van der Waals surface area contributed by atoms with Gasteiger partial charge in [0.15, 0.2) is 11.6 Å². The number of amides is 1. The predicted molar refractivity (Wildman–Crippen MR) is 118 cm³/mol. The molecule has 2 N–H and O–H groups in total. The van der Waals surface area contributed by atoms with Crippen molar-refractivity contribution in [1.29, 1.82) is 0 Å². The number of hydrogen-bond donors (Lipinski definition) is 2. The minimum atomic E-state index is -3.65. The number of rotatable bonds is 8. The van der Waals surface area contributed by atoms with Crippen molar-refractivity contribution in [3.8, 4) is 11.5 Å². The molecule has 0 saturated heterocycles. The summed E-state index contributed by atoms with van der Waals surface area (Å²) in [5.41, 5.74) is 1.49. The molecule has 0 fully saturated rings. The van der Waals surface area contributed by atoms with Gasteiger partial charge in [-0.15, -0.1) is 0 Å². The van der Waals surface area contributed by atoms with Crippen LogP contribution < -0.4 is 14.8 Å². The van der Waals surface area contributed by atoms with E-state index in [2.05, 4.69) is 10.0 Å². The Morgan fingerprint density at radius 1 is 0.938 bits per heavy atom. The highest BCUT2D eigenvalue weighted by Gasteiger charge is 2.16. The number of carbonyl (C=O) groups excluding carboxylic acids is 1. The Hall–Kier alpha value is -3.46. The van der Waals surface area contributed by atoms with Crippen molar-refractivity contribution >= 4 is 21.6 Å². The third-order valence-electron chi connectivity index (χ3n) is 4.51. The maximum atomic E-state index is 13.4. The predicted octanol–water partition coefficient (Wildman–Crippen LogP) is 4.62. The number of sulfonamides is 1. The highest BCUT2D eigenvalue weighted by atomic mass is 32.2. The summed E-state index contributed by atoms with van der Waals surface area (Å²) in [6.45, 7) is 1.93. The SMILES string of the molecule is CCc1cccc(Oc2ccc(NS(C)(=O)=O)c(C(=O)NCc3ccc(F)c(F)c3)c2)c1. The Balaban J connectivity index is 1.86. The summed E-state index contributed by atoms with van der Waals surface area (Å²) in [5, 5.41) is 2.58. The van der Waals surface area contributed by atoms with Crippen LogP contribution in [0.2, 0.25) is 0 Å². The van der Waals surface area contributed by atoms with E-state index in [1.54, 1.807) is 6.07 Å². The summed E-state index contributed by atoms with van der Waals surface area (Å²) in [5.74, 6) is -1.73. The molecule has 0 unspecified atom stereocenters. The van der Waals surface area contributed by atoms with E-state index in [0.717, 1.165) is 30.4 Å². The van der Waals surface area contributed by atoms with Gasteiger partial charge in [0.05, 0.1) is 17.5 Å². The van der Waals surface area contributed by atoms with Gasteiger partial charge in [-0.1, -0.05) is 25.1 Å². The average molecular weight is 461 g/mol. The third-order valence-corrected chi connectivity index (χ3v) is 5.10. The van der Waals surface area contributed by atoms with E-state index in [1.165, 1.54) is 24.3 Å². The van der Waals surface area contributed by atoms with Gasteiger partial charge in [0, 0.05) is 6.54 Å². The van der Waals surface area contributed by atoms with E-state index in [9.17, 15) is 22.0 Å². The van der Waals surface area contributed by atoms with Crippen molar-refractivity contribution < 1.29 is 26.7 Å². The van der Waals surface area contributed by atoms with E-state index in [-0.39, 0.29) is 17.8 Å². The number of anilines is 1. The highest BCUT2D eigenvalue weighted by molar-refractivity contribution is 7.92. The molecule has 0 aliphatic rings. The van der Waals surface area contributed by atoms with Crippen molar-refractivity contribution in [2.75, 3.05) is 11.0 Å². The van der Waals surface area contributed by atoms with Crippen LogP contribution in [-0.4, -0.2) is 20.6 Å². The maximum absolute atomic E-state index is 13.4. The van der Waals surface area contributed by atoms with Crippen LogP contribution in [0.4, 0.5) is 14.5 Å². The molecule has 0 bridgehead atoms. The first-order valence-corrected chi connectivity index (χ1v) is 11.6. The Bertz CT molecular complexity index is 1250. The first kappa shape index (κ1) is 23.2. The Labute approximate surface area is 185 Å². The van der Waals surface area contributed by atoms with Crippen molar-refractivity contribution in [3.63, 3.8) is 0 Å². The average Bonchev–Trinajstić information content (AvgIpc) is 2.74. The van der Waals surface area contributed by atoms with Gasteiger partial charge in [-0.3, -0.25) is 9.52 Å². The minimum Gasteiger partial charge on any atom is -0.457 e. The van der Waals surface area contributed by atoms with Crippen molar-refractivity contribution in [1.82, 2.24) is 5.32 Å². The zero-order valence-electron chi connectivity index (χ0n) is 17.5. The topological polar surface area (TPSA) is 84.5 Å². The fourth-order valence-electron chi connectivity index (χ4n) is 2.96. The number of aryl methyl sites for hydroxylation is 1. The van der Waals surface area contributed by atoms with E-state index in [1.807, 2.05) is 25.1 Å². The second-order valence-corrected chi connectivity index (χ2v) is 8.86. The van der Waals surface area contributed by atoms with Crippen LogP contribution in [-0.2, 0) is 23.0 Å². The van der Waals surface area contributed by atoms with Gasteiger partial charge in [0.1, 0.15) is 11.5 Å². The number of halogens is 2. The van der Waals surface area contributed by atoms with E-state index in [0.29, 0.717) is 17.1 Å². The first-order valence-electron chi connectivity index (χ1n) is 9.75. The Kier molecular flexibility index (Phi) is 7.09. The van der Waals surface area contributed by atoms with Gasteiger partial charge in [-0.05, 0) is 60.0 Å². The lowest BCUT2D eigenvalue weighted by atomic mass is 10.1. The quantitative estimate of drug-likeness (QED) is 0.514. The molecule has 0 aliphatic carbocycles. The molecular weight excluding hydrogens is 438 g/mol. The largest absolute Gasteiger partial charge is 0.457 e. The van der Waals surface area contributed by atoms with Gasteiger partial charge in [-0.2, -0.15) is 0 Å². The van der Waals surface area contributed by atoms with E-state index >= 15 is 0 Å². The van der Waals surface area contributed by atoms with Crippen molar-refractivity contribution in [3.05, 3.63) is 89.0 Å². The summed E-state index contributed by atoms with van der Waals surface area (Å²) in [6.07, 6.45) is 1.79. The molecule has 6 nitrogen and oxygen atoms in total. The lowest BCUT2D eigenvalue weighted by molar-refractivity contribution is 0.0951. The second kappa shape index (κ2) is 9.78. The van der Waals surface area contributed by atoms with Crippen molar-refractivity contribution in [2.45, 2.75) is 19.9 Å². The zero-order chi connectivity index (χ0) is 23.3. The molecule has 0 aliphatic heterocycles. The Morgan fingerprint density at radius 2 is 1.69 bits per heavy atom. The van der Waals surface area contributed by atoms with Gasteiger partial charge in [-0.25, -0.2) is 17.2 Å². The van der Waals surface area contributed by atoms with Crippen LogP contribution in [0.15, 0.2) is 60.7 Å². The van der Waals surface area contributed by atoms with Crippen LogP contribution in [0.1, 0.15) is 28.4 Å². The Morgan fingerprint density at radius 3 is 2.38 bits per heavy atom. The number of hydrogen-bond acceptors (Lipinski definition) is 4. The molecule has 3 rings (SSSR count). The molecule has 32 heavy (non-hydrogen) atoms. The number of benzene rings is 3.